The first-order valence-electron chi connectivity index (χ1n) is 8.49. The van der Waals surface area contributed by atoms with Crippen molar-refractivity contribution in [1.82, 2.24) is 9.78 Å². The summed E-state index contributed by atoms with van der Waals surface area (Å²) in [6, 6.07) is 6.80. The maximum atomic E-state index is 12.3. The molecule has 148 valence electrons. The van der Waals surface area contributed by atoms with Crippen LogP contribution in [0.5, 0.6) is 5.75 Å². The van der Waals surface area contributed by atoms with E-state index in [0.29, 0.717) is 5.56 Å². The fourth-order valence-electron chi connectivity index (χ4n) is 2.39. The second-order valence-electron chi connectivity index (χ2n) is 7.22. The summed E-state index contributed by atoms with van der Waals surface area (Å²) in [4.78, 5) is 12.3. The number of hydrogen-bond donors (Lipinski definition) is 1. The summed E-state index contributed by atoms with van der Waals surface area (Å²) in [5.74, 6) is -1.37. The van der Waals surface area contributed by atoms with Crippen LogP contribution in [0.4, 0.5) is 4.39 Å². The molecule has 0 aliphatic carbocycles. The molecule has 2 rings (SSSR count). The van der Waals surface area contributed by atoms with E-state index >= 15 is 0 Å². The largest absolute Gasteiger partial charge is 0.485 e. The van der Waals surface area contributed by atoms with Gasteiger partial charge in [-0.05, 0) is 33.3 Å². The van der Waals surface area contributed by atoms with Crippen molar-refractivity contribution >= 4 is 11.6 Å². The number of halogens is 2. The van der Waals surface area contributed by atoms with Gasteiger partial charge in [0.15, 0.2) is 16.6 Å². The van der Waals surface area contributed by atoms with Crippen LogP contribution < -0.4 is 10.3 Å². The highest BCUT2D eigenvalue weighted by molar-refractivity contribution is 6.31. The third kappa shape index (κ3) is 5.28. The Kier molecular flexibility index (Phi) is 6.62. The lowest BCUT2D eigenvalue weighted by Gasteiger charge is -2.24. The van der Waals surface area contributed by atoms with Gasteiger partial charge in [0, 0.05) is 5.56 Å². The van der Waals surface area contributed by atoms with Gasteiger partial charge in [-0.1, -0.05) is 35.9 Å². The van der Waals surface area contributed by atoms with Crippen LogP contribution in [-0.4, -0.2) is 28.2 Å². The minimum Gasteiger partial charge on any atom is -0.485 e. The van der Waals surface area contributed by atoms with Crippen LogP contribution in [0.2, 0.25) is 5.02 Å². The highest BCUT2D eigenvalue weighted by Crippen LogP contribution is 2.24. The maximum Gasteiger partial charge on any atom is 0.289 e. The molecule has 0 amide bonds. The Labute approximate surface area is 162 Å². The molecule has 6 nitrogen and oxygen atoms in total. The SMILES string of the molecule is CC(O)(OCCF)c1ccc(COc2cnn(C(C)(C)C)c(=O)c2Cl)cc1. The van der Waals surface area contributed by atoms with Crippen molar-refractivity contribution in [2.45, 2.75) is 45.6 Å². The lowest BCUT2D eigenvalue weighted by molar-refractivity contribution is -0.200. The van der Waals surface area contributed by atoms with E-state index < -0.39 is 23.6 Å². The van der Waals surface area contributed by atoms with E-state index in [1.165, 1.54) is 17.8 Å². The van der Waals surface area contributed by atoms with E-state index in [-0.39, 0.29) is 24.0 Å². The van der Waals surface area contributed by atoms with Crippen molar-refractivity contribution in [3.05, 3.63) is 57.0 Å². The number of hydrogen-bond acceptors (Lipinski definition) is 5. The molecule has 1 unspecified atom stereocenters. The van der Waals surface area contributed by atoms with Crippen LogP contribution in [0.1, 0.15) is 38.8 Å². The van der Waals surface area contributed by atoms with Gasteiger partial charge in [-0.15, -0.1) is 0 Å². The highest BCUT2D eigenvalue weighted by atomic mass is 35.5. The van der Waals surface area contributed by atoms with Gasteiger partial charge in [0.2, 0.25) is 0 Å². The molecule has 0 saturated carbocycles. The molecular formula is C19H24ClFN2O4. The monoisotopic (exact) mass is 398 g/mol. The number of nitrogens with zero attached hydrogens (tertiary/aromatic N) is 2. The zero-order chi connectivity index (χ0) is 20.2. The summed E-state index contributed by atoms with van der Waals surface area (Å²) < 4.78 is 24.2. The fraction of sp³-hybridized carbons (Fsp3) is 0.474. The zero-order valence-electron chi connectivity index (χ0n) is 15.8. The Balaban J connectivity index is 2.09. The summed E-state index contributed by atoms with van der Waals surface area (Å²) in [7, 11) is 0. The summed E-state index contributed by atoms with van der Waals surface area (Å²) in [5.41, 5.74) is 0.373. The van der Waals surface area contributed by atoms with Gasteiger partial charge >= 0.3 is 0 Å². The Hall–Kier alpha value is -1.96. The third-order valence-corrected chi connectivity index (χ3v) is 4.21. The molecule has 0 fully saturated rings. The molecule has 0 saturated heterocycles. The summed E-state index contributed by atoms with van der Waals surface area (Å²) in [6.45, 7) is 6.30. The van der Waals surface area contributed by atoms with Gasteiger partial charge in [-0.25, -0.2) is 9.07 Å². The second kappa shape index (κ2) is 8.37. The molecular weight excluding hydrogens is 375 g/mol. The third-order valence-electron chi connectivity index (χ3n) is 3.87. The van der Waals surface area contributed by atoms with Gasteiger partial charge in [-0.2, -0.15) is 5.10 Å². The molecule has 1 N–H and O–H groups in total. The number of aromatic nitrogens is 2. The molecule has 1 aromatic heterocycles. The average molecular weight is 399 g/mol. The molecule has 0 aliphatic heterocycles. The highest BCUT2D eigenvalue weighted by Gasteiger charge is 2.23. The first kappa shape index (κ1) is 21.3. The molecule has 0 spiro atoms. The predicted octanol–water partition coefficient (Wildman–Crippen LogP) is 3.38. The fourth-order valence-corrected chi connectivity index (χ4v) is 2.57. The van der Waals surface area contributed by atoms with Crippen molar-refractivity contribution in [3.63, 3.8) is 0 Å². The summed E-state index contributed by atoms with van der Waals surface area (Å²) in [5, 5.41) is 14.3. The van der Waals surface area contributed by atoms with Gasteiger partial charge in [0.25, 0.3) is 5.56 Å². The molecule has 0 aliphatic rings. The van der Waals surface area contributed by atoms with Crippen LogP contribution in [0, 0.1) is 0 Å². The number of benzene rings is 1. The van der Waals surface area contributed by atoms with Gasteiger partial charge in [0.05, 0.1) is 18.3 Å². The van der Waals surface area contributed by atoms with Crippen LogP contribution in [0.25, 0.3) is 0 Å². The van der Waals surface area contributed by atoms with E-state index in [1.807, 2.05) is 20.8 Å². The normalized spacial score (nSPS) is 14.0. The lowest BCUT2D eigenvalue weighted by Crippen LogP contribution is -2.36. The van der Waals surface area contributed by atoms with Crippen LogP contribution >= 0.6 is 11.6 Å². The molecule has 0 radical (unpaired) electrons. The summed E-state index contributed by atoms with van der Waals surface area (Å²) >= 11 is 6.13. The lowest BCUT2D eigenvalue weighted by atomic mass is 10.1. The Morgan fingerprint density at radius 3 is 2.41 bits per heavy atom. The van der Waals surface area contributed by atoms with Crippen molar-refractivity contribution < 1.29 is 19.0 Å². The van der Waals surface area contributed by atoms with E-state index in [0.717, 1.165) is 5.56 Å². The quantitative estimate of drug-likeness (QED) is 0.724. The van der Waals surface area contributed by atoms with Crippen LogP contribution in [0.15, 0.2) is 35.3 Å². The topological polar surface area (TPSA) is 73.6 Å². The first-order chi connectivity index (χ1) is 12.6. The van der Waals surface area contributed by atoms with Gasteiger partial charge in [0.1, 0.15) is 13.3 Å². The van der Waals surface area contributed by atoms with Crippen LogP contribution in [0.3, 0.4) is 0 Å². The predicted molar refractivity (Wildman–Crippen MR) is 101 cm³/mol. The standard InChI is InChI=1S/C19H24ClFN2O4/c1-18(2,3)23-17(24)16(20)15(11-22-23)26-12-13-5-7-14(8-6-13)19(4,25)27-10-9-21/h5-8,11,25H,9-10,12H2,1-4H3. The van der Waals surface area contributed by atoms with E-state index in [4.69, 9.17) is 21.1 Å². The first-order valence-corrected chi connectivity index (χ1v) is 8.87. The molecule has 0 bridgehead atoms. The number of ether oxygens (including phenoxy) is 2. The Bertz CT molecular complexity index is 829. The van der Waals surface area contributed by atoms with Crippen molar-refractivity contribution in [3.8, 4) is 5.75 Å². The smallest absolute Gasteiger partial charge is 0.289 e. The number of rotatable bonds is 7. The molecule has 1 aromatic carbocycles. The summed E-state index contributed by atoms with van der Waals surface area (Å²) in [6.07, 6.45) is 1.42. The van der Waals surface area contributed by atoms with Gasteiger partial charge in [-0.3, -0.25) is 4.79 Å². The minimum atomic E-state index is -1.57. The second-order valence-corrected chi connectivity index (χ2v) is 7.59. The molecule has 2 aromatic rings. The number of aliphatic hydroxyl groups is 1. The molecule has 27 heavy (non-hydrogen) atoms. The average Bonchev–Trinajstić information content (AvgIpc) is 2.60. The van der Waals surface area contributed by atoms with E-state index in [9.17, 15) is 14.3 Å². The Morgan fingerprint density at radius 2 is 1.85 bits per heavy atom. The zero-order valence-corrected chi connectivity index (χ0v) is 16.6. The number of alkyl halides is 1. The van der Waals surface area contributed by atoms with Crippen molar-refractivity contribution in [1.29, 1.82) is 0 Å². The Morgan fingerprint density at radius 1 is 1.22 bits per heavy atom. The molecule has 1 heterocycles. The van der Waals surface area contributed by atoms with E-state index in [2.05, 4.69) is 5.10 Å². The van der Waals surface area contributed by atoms with Gasteiger partial charge < -0.3 is 14.6 Å². The van der Waals surface area contributed by atoms with Crippen molar-refractivity contribution in [2.75, 3.05) is 13.3 Å². The molecule has 8 heteroatoms. The minimum absolute atomic E-state index is 0.0286. The van der Waals surface area contributed by atoms with Crippen LogP contribution in [-0.2, 0) is 22.7 Å². The maximum absolute atomic E-state index is 12.3. The van der Waals surface area contributed by atoms with Crippen molar-refractivity contribution in [2.24, 2.45) is 0 Å². The van der Waals surface area contributed by atoms with E-state index in [1.54, 1.807) is 24.3 Å². The molecule has 1 atom stereocenters.